The van der Waals surface area contributed by atoms with E-state index in [1.165, 1.54) is 0 Å². The zero-order chi connectivity index (χ0) is 19.3. The van der Waals surface area contributed by atoms with Crippen molar-refractivity contribution < 1.29 is 4.79 Å². The number of hydrogen-bond donors (Lipinski definition) is 1. The van der Waals surface area contributed by atoms with Crippen LogP contribution < -0.4 is 0 Å². The molecule has 1 aliphatic heterocycles. The lowest BCUT2D eigenvalue weighted by Crippen LogP contribution is -2.47. The third-order valence-electron chi connectivity index (χ3n) is 5.36. The van der Waals surface area contributed by atoms with Gasteiger partial charge in [0.15, 0.2) is 0 Å². The smallest absolute Gasteiger partial charge is 0.257 e. The summed E-state index contributed by atoms with van der Waals surface area (Å²) in [7, 11) is 2.08. The van der Waals surface area contributed by atoms with Gasteiger partial charge in [0.05, 0.1) is 17.3 Å². The highest BCUT2D eigenvalue weighted by Crippen LogP contribution is 2.30. The molecule has 0 radical (unpaired) electrons. The maximum absolute atomic E-state index is 13.1. The van der Waals surface area contributed by atoms with Crippen LogP contribution in [0, 0.1) is 0 Å². The zero-order valence-corrected chi connectivity index (χ0v) is 16.1. The number of aromatic nitrogens is 4. The van der Waals surface area contributed by atoms with E-state index in [1.807, 2.05) is 35.5 Å². The van der Waals surface area contributed by atoms with E-state index in [4.69, 9.17) is 11.6 Å². The summed E-state index contributed by atoms with van der Waals surface area (Å²) in [6.07, 6.45) is 5.46. The van der Waals surface area contributed by atoms with Crippen LogP contribution in [0.25, 0.3) is 27.7 Å². The van der Waals surface area contributed by atoms with Gasteiger partial charge in [0.2, 0.25) is 0 Å². The number of piperazine rings is 1. The first kappa shape index (κ1) is 17.2. The molecule has 0 atom stereocenters. The predicted molar refractivity (Wildman–Crippen MR) is 109 cm³/mol. The molecule has 0 spiro atoms. The Balaban J connectivity index is 1.55. The van der Waals surface area contributed by atoms with Crippen LogP contribution in [0.15, 0.2) is 42.9 Å². The molecule has 1 fully saturated rings. The third kappa shape index (κ3) is 2.83. The van der Waals surface area contributed by atoms with Crippen LogP contribution in [0.5, 0.6) is 0 Å². The number of carbonyl (C=O) groups is 1. The van der Waals surface area contributed by atoms with Crippen molar-refractivity contribution in [3.63, 3.8) is 0 Å². The van der Waals surface area contributed by atoms with E-state index in [2.05, 4.69) is 27.0 Å². The van der Waals surface area contributed by atoms with Gasteiger partial charge in [0, 0.05) is 49.5 Å². The van der Waals surface area contributed by atoms with E-state index in [9.17, 15) is 4.79 Å². The molecule has 142 valence electrons. The van der Waals surface area contributed by atoms with Crippen LogP contribution in [0.1, 0.15) is 10.4 Å². The average Bonchev–Trinajstić information content (AvgIpc) is 3.31. The van der Waals surface area contributed by atoms with Gasteiger partial charge in [-0.15, -0.1) is 0 Å². The number of nitrogens with one attached hydrogen (secondary N) is 1. The normalized spacial score (nSPS) is 15.6. The Morgan fingerprint density at radius 2 is 2.00 bits per heavy atom. The summed E-state index contributed by atoms with van der Waals surface area (Å²) in [5.41, 5.74) is 4.19. The number of nitrogens with zero attached hydrogens (tertiary/aromatic N) is 5. The number of fused-ring (bicyclic) bond motifs is 2. The van der Waals surface area contributed by atoms with Gasteiger partial charge in [-0.25, -0.2) is 9.50 Å². The molecule has 0 aliphatic carbocycles. The fraction of sp³-hybridized carbons (Fsp3) is 0.250. The standard InChI is InChI=1S/C20H19ClN6O/c1-25-6-8-26(9-7-25)20(28)16-12-23-27-5-4-13(10-17(16)27)15-11-22-19-14(15)2-3-18(21)24-19/h2-5,10-12H,6-9H2,1H3,(H,22,24). The van der Waals surface area contributed by atoms with Gasteiger partial charge in [-0.05, 0) is 36.9 Å². The maximum Gasteiger partial charge on any atom is 0.257 e. The van der Waals surface area contributed by atoms with Crippen molar-refractivity contribution in [2.45, 2.75) is 0 Å². The number of halogens is 1. The molecule has 4 aromatic rings. The van der Waals surface area contributed by atoms with Crippen molar-refractivity contribution in [2.24, 2.45) is 0 Å². The molecule has 1 N–H and O–H groups in total. The lowest BCUT2D eigenvalue weighted by molar-refractivity contribution is 0.0666. The van der Waals surface area contributed by atoms with Gasteiger partial charge in [-0.3, -0.25) is 4.79 Å². The summed E-state index contributed by atoms with van der Waals surface area (Å²) >= 11 is 5.99. The summed E-state index contributed by atoms with van der Waals surface area (Å²) in [5, 5.41) is 5.80. The molecule has 7 nitrogen and oxygen atoms in total. The fourth-order valence-electron chi connectivity index (χ4n) is 3.71. The molecule has 4 aromatic heterocycles. The topological polar surface area (TPSA) is 69.5 Å². The zero-order valence-electron chi connectivity index (χ0n) is 15.4. The minimum absolute atomic E-state index is 0.0348. The Labute approximate surface area is 166 Å². The molecular weight excluding hydrogens is 376 g/mol. The Bertz CT molecular complexity index is 1190. The van der Waals surface area contributed by atoms with E-state index in [0.717, 1.165) is 53.9 Å². The number of hydrogen-bond acceptors (Lipinski definition) is 4. The first-order valence-electron chi connectivity index (χ1n) is 9.19. The number of rotatable bonds is 2. The lowest BCUT2D eigenvalue weighted by atomic mass is 10.1. The van der Waals surface area contributed by atoms with E-state index < -0.39 is 0 Å². The summed E-state index contributed by atoms with van der Waals surface area (Å²) < 4.78 is 1.75. The molecule has 0 saturated carbocycles. The number of likely N-dealkylation sites (N-methyl/N-ethyl adjacent to an activating group) is 1. The summed E-state index contributed by atoms with van der Waals surface area (Å²) in [4.78, 5) is 24.7. The Morgan fingerprint density at radius 1 is 1.18 bits per heavy atom. The molecule has 1 saturated heterocycles. The SMILES string of the molecule is CN1CCN(C(=O)c2cnn3ccc(-c4c[nH]c5nc(Cl)ccc45)cc23)CC1. The lowest BCUT2D eigenvalue weighted by Gasteiger charge is -2.32. The van der Waals surface area contributed by atoms with Gasteiger partial charge in [0.25, 0.3) is 5.91 Å². The predicted octanol–water partition coefficient (Wildman–Crippen LogP) is 2.92. The first-order valence-corrected chi connectivity index (χ1v) is 9.57. The number of amides is 1. The molecular formula is C20H19ClN6O. The minimum atomic E-state index is 0.0348. The summed E-state index contributed by atoms with van der Waals surface area (Å²) in [6, 6.07) is 7.73. The van der Waals surface area contributed by atoms with Crippen LogP contribution >= 0.6 is 11.6 Å². The molecule has 1 aliphatic rings. The average molecular weight is 395 g/mol. The highest BCUT2D eigenvalue weighted by atomic mass is 35.5. The quantitative estimate of drug-likeness (QED) is 0.531. The van der Waals surface area contributed by atoms with Crippen molar-refractivity contribution in [1.29, 1.82) is 0 Å². The molecule has 5 heterocycles. The Hall–Kier alpha value is -2.90. The fourth-order valence-corrected chi connectivity index (χ4v) is 3.86. The molecule has 5 rings (SSSR count). The highest BCUT2D eigenvalue weighted by Gasteiger charge is 2.23. The second kappa shape index (κ2) is 6.61. The van der Waals surface area contributed by atoms with Crippen molar-refractivity contribution in [3.05, 3.63) is 53.6 Å². The van der Waals surface area contributed by atoms with Crippen LogP contribution in [0.4, 0.5) is 0 Å². The molecule has 0 bridgehead atoms. The monoisotopic (exact) mass is 394 g/mol. The first-order chi connectivity index (χ1) is 13.6. The second-order valence-corrected chi connectivity index (χ2v) is 7.52. The number of H-pyrrole nitrogens is 1. The van der Waals surface area contributed by atoms with Crippen LogP contribution in [-0.2, 0) is 0 Å². The minimum Gasteiger partial charge on any atom is -0.345 e. The van der Waals surface area contributed by atoms with E-state index in [0.29, 0.717) is 10.7 Å². The van der Waals surface area contributed by atoms with Crippen molar-refractivity contribution in [1.82, 2.24) is 29.4 Å². The van der Waals surface area contributed by atoms with E-state index in [1.54, 1.807) is 16.8 Å². The molecule has 0 aromatic carbocycles. The number of pyridine rings is 2. The maximum atomic E-state index is 13.1. The van der Waals surface area contributed by atoms with Gasteiger partial charge in [-0.2, -0.15) is 5.10 Å². The largest absolute Gasteiger partial charge is 0.345 e. The molecule has 1 amide bonds. The number of carbonyl (C=O) groups excluding carboxylic acids is 1. The van der Waals surface area contributed by atoms with Gasteiger partial charge in [0.1, 0.15) is 10.8 Å². The van der Waals surface area contributed by atoms with Gasteiger partial charge >= 0.3 is 0 Å². The number of aromatic amines is 1. The second-order valence-electron chi connectivity index (χ2n) is 7.13. The van der Waals surface area contributed by atoms with Crippen molar-refractivity contribution in [3.8, 4) is 11.1 Å². The molecule has 0 unspecified atom stereocenters. The summed E-state index contributed by atoms with van der Waals surface area (Å²) in [5.74, 6) is 0.0348. The van der Waals surface area contributed by atoms with Gasteiger partial charge in [-0.1, -0.05) is 11.6 Å². The van der Waals surface area contributed by atoms with Crippen molar-refractivity contribution in [2.75, 3.05) is 33.2 Å². The van der Waals surface area contributed by atoms with Crippen molar-refractivity contribution >= 4 is 34.1 Å². The van der Waals surface area contributed by atoms with E-state index in [-0.39, 0.29) is 5.91 Å². The van der Waals surface area contributed by atoms with Crippen LogP contribution in [0.3, 0.4) is 0 Å². The molecule has 28 heavy (non-hydrogen) atoms. The summed E-state index contributed by atoms with van der Waals surface area (Å²) in [6.45, 7) is 3.25. The Kier molecular flexibility index (Phi) is 4.07. The Morgan fingerprint density at radius 3 is 2.82 bits per heavy atom. The highest BCUT2D eigenvalue weighted by molar-refractivity contribution is 6.29. The van der Waals surface area contributed by atoms with Crippen LogP contribution in [-0.4, -0.2) is 68.5 Å². The third-order valence-corrected chi connectivity index (χ3v) is 5.57. The van der Waals surface area contributed by atoms with Gasteiger partial charge < -0.3 is 14.8 Å². The van der Waals surface area contributed by atoms with E-state index >= 15 is 0 Å². The molecule has 8 heteroatoms. The van der Waals surface area contributed by atoms with Crippen LogP contribution in [0.2, 0.25) is 5.15 Å².